The number of nitrogens with one attached hydrogen (secondary N) is 4. The number of benzene rings is 3. The van der Waals surface area contributed by atoms with Gasteiger partial charge in [-0.05, 0) is 152 Å². The molecular weight excluding hydrogens is 865 g/mol. The lowest BCUT2D eigenvalue weighted by Crippen LogP contribution is -2.41. The average Bonchev–Trinajstić information content (AvgIpc) is 4.11. The number of H-pyrrole nitrogens is 2. The second kappa shape index (κ2) is 20.3. The number of carbonyl (C=O) groups is 2. The number of hydrogen-bond acceptors (Lipinski definition) is 9. The van der Waals surface area contributed by atoms with Gasteiger partial charge in [-0.15, -0.1) is 0 Å². The first-order chi connectivity index (χ1) is 33.6. The molecule has 11 heteroatoms. The van der Waals surface area contributed by atoms with Crippen LogP contribution in [0.5, 0.6) is 17.2 Å². The number of hydrogen-bond donors (Lipinski definition) is 8. The Balaban J connectivity index is 1.14. The number of aliphatic hydroxyl groups is 2. The maximum Gasteiger partial charge on any atom is 0.161 e. The van der Waals surface area contributed by atoms with Crippen LogP contribution in [0.4, 0.5) is 5.82 Å². The Morgan fingerprint density at radius 2 is 1.68 bits per heavy atom. The third kappa shape index (κ3) is 9.81. The summed E-state index contributed by atoms with van der Waals surface area (Å²) in [5, 5.41) is 52.5. The van der Waals surface area contributed by atoms with Crippen molar-refractivity contribution in [2.24, 2.45) is 23.7 Å². The Hall–Kier alpha value is -6.32. The minimum absolute atomic E-state index is 0.00695. The van der Waals surface area contributed by atoms with Crippen LogP contribution in [0, 0.1) is 35.5 Å². The van der Waals surface area contributed by atoms with E-state index < -0.39 is 29.9 Å². The van der Waals surface area contributed by atoms with E-state index in [-0.39, 0.29) is 60.5 Å². The topological polar surface area (TPSA) is 180 Å². The zero-order valence-corrected chi connectivity index (χ0v) is 39.4. The van der Waals surface area contributed by atoms with Gasteiger partial charge in [0.2, 0.25) is 0 Å². The molecule has 11 nitrogen and oxygen atoms in total. The Morgan fingerprint density at radius 3 is 2.52 bits per heavy atom. The van der Waals surface area contributed by atoms with E-state index in [4.69, 9.17) is 4.74 Å². The van der Waals surface area contributed by atoms with Crippen LogP contribution in [0.2, 0.25) is 0 Å². The molecule has 5 aromatic rings. The van der Waals surface area contributed by atoms with Gasteiger partial charge in [-0.25, -0.2) is 0 Å². The molecule has 3 aromatic carbocycles. The van der Waals surface area contributed by atoms with Crippen molar-refractivity contribution in [3.63, 3.8) is 0 Å². The van der Waals surface area contributed by atoms with E-state index in [1.165, 1.54) is 0 Å². The zero-order chi connectivity index (χ0) is 47.6. The standard InChI is InChI=1S/C58H64N4O7/c1-59-33-40-15-17-49-48-32-50-45(20-23-60-50)47(28-34-9-13-37-5-4-8-51(64)44(37)16-11-34)55(48)57(68)46(21-24-63)52(65)18-12-36-27-42(56(67)54(29-36)69-43-6-2-3-7-43)26-35-10-14-38(31-53(40)66)41(25-35)30-39-19-22-61-58(39)62-49/h4-5,8,10-11,14,16,19-20,22-23,25,27,29,32,34,40,43,46-47,49,53,55,59-64,66-67H,2-3,6-7,9,12-13,18,21,24,26,28,30-31,33H2,1H3/t34-,40+,46+,47+,49+,53+,55+/m0/s1. The number of phenolic OH excluding ortho intramolecular Hbond substituents is 2. The second-order valence-electron chi connectivity index (χ2n) is 20.0. The van der Waals surface area contributed by atoms with Gasteiger partial charge in [0.1, 0.15) is 23.4 Å². The van der Waals surface area contributed by atoms with Crippen molar-refractivity contribution in [2.45, 2.75) is 108 Å². The number of aromatic amines is 2. The van der Waals surface area contributed by atoms with Gasteiger partial charge in [-0.1, -0.05) is 60.4 Å². The highest BCUT2D eigenvalue weighted by Crippen LogP contribution is 2.47. The summed E-state index contributed by atoms with van der Waals surface area (Å²) >= 11 is 0. The van der Waals surface area contributed by atoms with E-state index in [1.54, 1.807) is 6.07 Å². The first kappa shape index (κ1) is 46.4. The number of Topliss-reactive ketones (excluding diaryl/α,β-unsaturated/α-hetero) is 2. The van der Waals surface area contributed by atoms with E-state index in [9.17, 15) is 25.2 Å². The summed E-state index contributed by atoms with van der Waals surface area (Å²) in [7, 11) is 1.85. The van der Waals surface area contributed by atoms with Crippen LogP contribution < -0.4 is 15.4 Å². The fourth-order valence-corrected chi connectivity index (χ4v) is 11.8. The van der Waals surface area contributed by atoms with Crippen molar-refractivity contribution in [2.75, 3.05) is 25.5 Å². The van der Waals surface area contributed by atoms with E-state index >= 15 is 4.79 Å². The number of phenols is 2. The lowest BCUT2D eigenvalue weighted by atomic mass is 9.66. The zero-order valence-electron chi connectivity index (χ0n) is 39.4. The molecule has 0 unspecified atom stereocenters. The van der Waals surface area contributed by atoms with E-state index in [0.717, 1.165) is 100 Å². The molecule has 10 rings (SSSR count). The normalized spacial score (nSPS) is 24.8. The number of rotatable bonds is 8. The monoisotopic (exact) mass is 928 g/mol. The largest absolute Gasteiger partial charge is 0.507 e. The Labute approximate surface area is 404 Å². The lowest BCUT2D eigenvalue weighted by Gasteiger charge is -2.37. The molecule has 2 aromatic heterocycles. The van der Waals surface area contributed by atoms with Gasteiger partial charge in [0.05, 0.1) is 24.0 Å². The van der Waals surface area contributed by atoms with Crippen molar-refractivity contribution in [3.8, 4) is 29.1 Å². The van der Waals surface area contributed by atoms with Crippen LogP contribution in [-0.4, -0.2) is 80.4 Å². The summed E-state index contributed by atoms with van der Waals surface area (Å²) in [6, 6.07) is 19.2. The molecule has 69 heavy (non-hydrogen) atoms. The third-order valence-corrected chi connectivity index (χ3v) is 15.5. The molecule has 0 radical (unpaired) electrons. The van der Waals surface area contributed by atoms with E-state index in [1.807, 2.05) is 61.9 Å². The second-order valence-corrected chi connectivity index (χ2v) is 20.0. The number of anilines is 1. The van der Waals surface area contributed by atoms with Crippen LogP contribution in [0.1, 0.15) is 113 Å². The molecule has 1 saturated carbocycles. The number of ketones is 2. The summed E-state index contributed by atoms with van der Waals surface area (Å²) in [6.45, 7) is 0.0774. The summed E-state index contributed by atoms with van der Waals surface area (Å²) in [5.41, 5.74) is 9.98. The van der Waals surface area contributed by atoms with Gasteiger partial charge in [0, 0.05) is 73.5 Å². The number of aromatic nitrogens is 2. The van der Waals surface area contributed by atoms with Crippen LogP contribution in [0.15, 0.2) is 84.7 Å². The number of aryl methyl sites for hydroxylation is 2. The van der Waals surface area contributed by atoms with Gasteiger partial charge in [-0.2, -0.15) is 0 Å². The van der Waals surface area contributed by atoms with Crippen LogP contribution in [-0.2, 0) is 41.7 Å². The van der Waals surface area contributed by atoms with Crippen molar-refractivity contribution in [1.82, 2.24) is 15.3 Å². The molecule has 0 amide bonds. The minimum atomic E-state index is -1.11. The van der Waals surface area contributed by atoms with Crippen molar-refractivity contribution < 1.29 is 34.8 Å². The first-order valence-corrected chi connectivity index (χ1v) is 25.1. The summed E-state index contributed by atoms with van der Waals surface area (Å²) < 4.78 is 6.51. The molecule has 3 aliphatic carbocycles. The SMILES string of the molecule is CNC[C@H]1C#C[C@H]2Nc3[nH]ccc3Cc3cc(ccc3C[C@H]1O)Cc1cc(cc(OC3CCCC3)c1O)CCC(=O)[C@@H](CCO)C(=O)[C@H]1C2=Cc2[nH]ccc2[C@H]1C[C@@H]1C=Cc2c(O)cccc2CC1. The fourth-order valence-electron chi connectivity index (χ4n) is 11.8. The molecule has 8 N–H and O–H groups in total. The van der Waals surface area contributed by atoms with Crippen molar-refractivity contribution in [3.05, 3.63) is 140 Å². The molecule has 1 fully saturated rings. The molecule has 358 valence electrons. The molecule has 4 heterocycles. The minimum Gasteiger partial charge on any atom is -0.507 e. The molecular formula is C58H64N4O7. The van der Waals surface area contributed by atoms with E-state index in [2.05, 4.69) is 62.8 Å². The first-order valence-electron chi connectivity index (χ1n) is 25.1. The Kier molecular flexibility index (Phi) is 13.7. The number of ether oxygens (including phenoxy) is 1. The molecule has 0 saturated heterocycles. The van der Waals surface area contributed by atoms with Crippen LogP contribution >= 0.6 is 0 Å². The third-order valence-electron chi connectivity index (χ3n) is 15.5. The van der Waals surface area contributed by atoms with Gasteiger partial charge in [0.25, 0.3) is 0 Å². The summed E-state index contributed by atoms with van der Waals surface area (Å²) in [6.07, 6.45) is 16.9. The summed E-state index contributed by atoms with van der Waals surface area (Å²) in [5.74, 6) is 5.28. The predicted molar refractivity (Wildman–Crippen MR) is 268 cm³/mol. The number of aliphatic hydroxyl groups excluding tert-OH is 2. The average molecular weight is 929 g/mol. The highest BCUT2D eigenvalue weighted by Gasteiger charge is 2.44. The number of allylic oxidation sites excluding steroid dienone is 1. The number of carbonyl (C=O) groups excluding carboxylic acids is 2. The Bertz CT molecular complexity index is 2840. The van der Waals surface area contributed by atoms with Crippen LogP contribution in [0.25, 0.3) is 12.2 Å². The molecule has 2 aliphatic heterocycles. The van der Waals surface area contributed by atoms with Gasteiger partial charge in [-0.3, -0.25) is 9.59 Å². The van der Waals surface area contributed by atoms with Gasteiger partial charge >= 0.3 is 0 Å². The smallest absolute Gasteiger partial charge is 0.161 e. The maximum absolute atomic E-state index is 15.9. The number of aromatic hydroxyl groups is 2. The molecule has 5 bridgehead atoms. The predicted octanol–water partition coefficient (Wildman–Crippen LogP) is 8.34. The van der Waals surface area contributed by atoms with Gasteiger partial charge in [0.15, 0.2) is 17.3 Å². The van der Waals surface area contributed by atoms with E-state index in [0.29, 0.717) is 50.0 Å². The van der Waals surface area contributed by atoms with Crippen LogP contribution in [0.3, 0.4) is 0 Å². The molecule has 5 aliphatic rings. The maximum atomic E-state index is 15.9. The highest BCUT2D eigenvalue weighted by molar-refractivity contribution is 6.05. The lowest BCUT2D eigenvalue weighted by molar-refractivity contribution is -0.135. The molecule has 0 spiro atoms. The fraction of sp³-hybridized carbons (Fsp3) is 0.414. The summed E-state index contributed by atoms with van der Waals surface area (Å²) in [4.78, 5) is 37.8. The quantitative estimate of drug-likeness (QED) is 0.0561. The van der Waals surface area contributed by atoms with Crippen molar-refractivity contribution in [1.29, 1.82) is 0 Å². The van der Waals surface area contributed by atoms with Crippen molar-refractivity contribution >= 4 is 29.5 Å². The Morgan fingerprint density at radius 1 is 0.841 bits per heavy atom. The molecule has 7 atom stereocenters. The number of fused-ring (bicyclic) bond motifs is 8. The van der Waals surface area contributed by atoms with Gasteiger partial charge < -0.3 is 45.8 Å². The highest BCUT2D eigenvalue weighted by atomic mass is 16.5.